The van der Waals surface area contributed by atoms with E-state index in [0.717, 1.165) is 15.8 Å². The predicted molar refractivity (Wildman–Crippen MR) is 149 cm³/mol. The van der Waals surface area contributed by atoms with Gasteiger partial charge in [-0.25, -0.2) is 4.79 Å². The number of carbonyl (C=O) groups excluding carboxylic acids is 2. The molecule has 39 heavy (non-hydrogen) atoms. The lowest BCUT2D eigenvalue weighted by Crippen LogP contribution is -2.41. The number of β-amino-alcohol motifs (C(OH)–C–C–N with tert-alkyl or cyclic N) is 1. The number of nitrogens with zero attached hydrogens (tertiary/aromatic N) is 3. The van der Waals surface area contributed by atoms with Gasteiger partial charge in [-0.05, 0) is 54.6 Å². The first kappa shape index (κ1) is 25.7. The van der Waals surface area contributed by atoms with Crippen molar-refractivity contribution in [1.29, 1.82) is 0 Å². The summed E-state index contributed by atoms with van der Waals surface area (Å²) in [7, 11) is 1.58. The van der Waals surface area contributed by atoms with Crippen molar-refractivity contribution in [2.45, 2.75) is 36.0 Å². The number of rotatable bonds is 7. The van der Waals surface area contributed by atoms with Gasteiger partial charge in [-0.15, -0.1) is 11.8 Å². The summed E-state index contributed by atoms with van der Waals surface area (Å²) >= 11 is 1.48. The van der Waals surface area contributed by atoms with Crippen LogP contribution in [0, 0.1) is 0 Å². The highest BCUT2D eigenvalue weighted by molar-refractivity contribution is 8.00. The van der Waals surface area contributed by atoms with E-state index >= 15 is 0 Å². The number of ether oxygens (including phenoxy) is 2. The van der Waals surface area contributed by atoms with Gasteiger partial charge >= 0.3 is 6.09 Å². The third-order valence-electron chi connectivity index (χ3n) is 7.61. The molecule has 0 saturated carbocycles. The Morgan fingerprint density at radius 3 is 2.85 bits per heavy atom. The van der Waals surface area contributed by atoms with Crippen LogP contribution in [0.5, 0.6) is 5.75 Å². The van der Waals surface area contributed by atoms with E-state index in [1.54, 1.807) is 22.6 Å². The topological polar surface area (TPSA) is 113 Å². The molecule has 0 aliphatic carbocycles. The summed E-state index contributed by atoms with van der Waals surface area (Å²) in [6.07, 6.45) is 0.481. The van der Waals surface area contributed by atoms with Crippen LogP contribution in [0.4, 0.5) is 16.2 Å². The van der Waals surface area contributed by atoms with Gasteiger partial charge in [0, 0.05) is 42.3 Å². The normalized spacial score (nSPS) is 23.1. The monoisotopic (exact) mass is 550 g/mol. The summed E-state index contributed by atoms with van der Waals surface area (Å²) < 4.78 is 12.6. The van der Waals surface area contributed by atoms with Gasteiger partial charge in [-0.2, -0.15) is 0 Å². The van der Waals surface area contributed by atoms with E-state index in [1.807, 2.05) is 36.4 Å². The smallest absolute Gasteiger partial charge is 0.414 e. The number of pyridine rings is 1. The average Bonchev–Trinajstić information content (AvgIpc) is 3.50. The van der Waals surface area contributed by atoms with E-state index in [2.05, 4.69) is 10.2 Å². The Labute approximate surface area is 229 Å². The average molecular weight is 551 g/mol. The number of thioether (sulfide) groups is 1. The zero-order valence-corrected chi connectivity index (χ0v) is 22.4. The molecule has 0 radical (unpaired) electrons. The molecule has 2 saturated heterocycles. The van der Waals surface area contributed by atoms with E-state index in [4.69, 9.17) is 9.47 Å². The molecule has 3 aliphatic heterocycles. The van der Waals surface area contributed by atoms with Gasteiger partial charge in [0.05, 0.1) is 42.8 Å². The van der Waals surface area contributed by atoms with Crippen LogP contribution in [0.2, 0.25) is 0 Å². The highest BCUT2D eigenvalue weighted by atomic mass is 32.2. The van der Waals surface area contributed by atoms with Crippen LogP contribution in [0.15, 0.2) is 58.2 Å². The molecule has 3 aromatic rings. The fourth-order valence-electron chi connectivity index (χ4n) is 5.56. The first-order chi connectivity index (χ1) is 18.8. The summed E-state index contributed by atoms with van der Waals surface area (Å²) in [6, 6.07) is 14.5. The molecule has 2 aromatic carbocycles. The molecule has 2 N–H and O–H groups in total. The molecule has 1 aromatic heterocycles. The molecule has 11 heteroatoms. The molecule has 2 amide bonds. The SMILES string of the molecule is COc1ccc2ccc(=O)n(C[C@]3(O)CCN(CCC4CN(c5ccc6c(c5)NC(=O)CS6)C(=O)O4)C3)c2c1. The number of cyclic esters (lactones) is 1. The van der Waals surface area contributed by atoms with Gasteiger partial charge in [0.1, 0.15) is 11.9 Å². The van der Waals surface area contributed by atoms with Crippen molar-refractivity contribution in [2.24, 2.45) is 0 Å². The van der Waals surface area contributed by atoms with Crippen molar-refractivity contribution in [3.05, 3.63) is 58.9 Å². The standard InChI is InChI=1S/C28H30N4O6S/c1-37-20-5-2-18-3-7-26(34)32(23(18)13-20)17-28(36)9-11-30(16-28)10-8-21-14-31(27(35)38-21)19-4-6-24-22(12-19)29-25(33)15-39-24/h2-7,12-13,21,36H,8-11,14-17H2,1H3,(H,29,33)/t21?,28-/m0/s1. The zero-order valence-electron chi connectivity index (χ0n) is 21.6. The second-order valence-corrected chi connectivity index (χ2v) is 11.4. The quantitative estimate of drug-likeness (QED) is 0.462. The summed E-state index contributed by atoms with van der Waals surface area (Å²) in [5.41, 5.74) is 0.917. The van der Waals surface area contributed by atoms with Crippen LogP contribution in [0.3, 0.4) is 0 Å². The number of benzene rings is 2. The van der Waals surface area contributed by atoms with E-state index < -0.39 is 11.7 Å². The first-order valence-corrected chi connectivity index (χ1v) is 14.0. The molecule has 2 atom stereocenters. The Hall–Kier alpha value is -3.54. The molecule has 10 nitrogen and oxygen atoms in total. The molecule has 0 bridgehead atoms. The molecular weight excluding hydrogens is 520 g/mol. The van der Waals surface area contributed by atoms with Gasteiger partial charge in [-0.1, -0.05) is 0 Å². The van der Waals surface area contributed by atoms with Crippen LogP contribution < -0.4 is 20.5 Å². The van der Waals surface area contributed by atoms with Crippen molar-refractivity contribution in [1.82, 2.24) is 9.47 Å². The second kappa shape index (κ2) is 10.2. The number of methoxy groups -OCH3 is 1. The lowest BCUT2D eigenvalue weighted by molar-refractivity contribution is -0.113. The largest absolute Gasteiger partial charge is 0.497 e. The number of anilines is 2. The van der Waals surface area contributed by atoms with Crippen molar-refractivity contribution in [2.75, 3.05) is 49.3 Å². The minimum absolute atomic E-state index is 0.0536. The fourth-order valence-corrected chi connectivity index (χ4v) is 6.35. The van der Waals surface area contributed by atoms with Crippen molar-refractivity contribution >= 4 is 46.0 Å². The third-order valence-corrected chi connectivity index (χ3v) is 8.69. The molecule has 0 spiro atoms. The van der Waals surface area contributed by atoms with Crippen LogP contribution >= 0.6 is 11.8 Å². The van der Waals surface area contributed by atoms with E-state index in [1.165, 1.54) is 17.8 Å². The molecule has 4 heterocycles. The first-order valence-electron chi connectivity index (χ1n) is 13.0. The van der Waals surface area contributed by atoms with Crippen LogP contribution in [0.1, 0.15) is 12.8 Å². The molecule has 6 rings (SSSR count). The van der Waals surface area contributed by atoms with Gasteiger partial charge in [0.2, 0.25) is 5.91 Å². The summed E-state index contributed by atoms with van der Waals surface area (Å²) in [4.78, 5) is 41.8. The van der Waals surface area contributed by atoms with Crippen LogP contribution in [0.25, 0.3) is 10.9 Å². The Morgan fingerprint density at radius 2 is 2.00 bits per heavy atom. The molecule has 2 fully saturated rings. The van der Waals surface area contributed by atoms with E-state index in [0.29, 0.717) is 61.9 Å². The number of nitrogens with one attached hydrogen (secondary N) is 1. The molecule has 204 valence electrons. The maximum absolute atomic E-state index is 12.7. The van der Waals surface area contributed by atoms with Crippen LogP contribution in [-0.2, 0) is 16.1 Å². The van der Waals surface area contributed by atoms with Gasteiger partial charge in [0.25, 0.3) is 5.56 Å². The molecule has 3 aliphatic rings. The van der Waals surface area contributed by atoms with Gasteiger partial charge < -0.3 is 29.4 Å². The number of hydrogen-bond acceptors (Lipinski definition) is 8. The van der Waals surface area contributed by atoms with Gasteiger partial charge in [-0.3, -0.25) is 14.5 Å². The lowest BCUT2D eigenvalue weighted by atomic mass is 10.0. The lowest BCUT2D eigenvalue weighted by Gasteiger charge is -2.25. The number of aromatic nitrogens is 1. The number of amides is 2. The number of fused-ring (bicyclic) bond motifs is 2. The summed E-state index contributed by atoms with van der Waals surface area (Å²) in [6.45, 7) is 2.37. The third kappa shape index (κ3) is 5.21. The number of aliphatic hydroxyl groups is 1. The summed E-state index contributed by atoms with van der Waals surface area (Å²) in [5, 5.41) is 15.2. The fraction of sp³-hybridized carbons (Fsp3) is 0.393. The number of likely N-dealkylation sites (tertiary alicyclic amines) is 1. The van der Waals surface area contributed by atoms with Crippen molar-refractivity contribution in [3.8, 4) is 5.75 Å². The summed E-state index contributed by atoms with van der Waals surface area (Å²) in [5.74, 6) is 0.988. The molecule has 1 unspecified atom stereocenters. The predicted octanol–water partition coefficient (Wildman–Crippen LogP) is 2.91. The van der Waals surface area contributed by atoms with Gasteiger partial charge in [0.15, 0.2) is 0 Å². The minimum atomic E-state index is -1.05. The Kier molecular flexibility index (Phi) is 6.74. The van der Waals surface area contributed by atoms with E-state index in [-0.39, 0.29) is 24.1 Å². The van der Waals surface area contributed by atoms with E-state index in [9.17, 15) is 19.5 Å². The zero-order chi connectivity index (χ0) is 27.1. The number of carbonyl (C=O) groups is 2. The highest BCUT2D eigenvalue weighted by Crippen LogP contribution is 2.36. The van der Waals surface area contributed by atoms with Crippen molar-refractivity contribution in [3.63, 3.8) is 0 Å². The van der Waals surface area contributed by atoms with Crippen molar-refractivity contribution < 1.29 is 24.2 Å². The Bertz CT molecular complexity index is 1510. The number of hydrogen-bond donors (Lipinski definition) is 2. The second-order valence-electron chi connectivity index (χ2n) is 10.4. The Morgan fingerprint density at radius 1 is 1.15 bits per heavy atom. The molecular formula is C28H30N4O6S. The van der Waals surface area contributed by atoms with Crippen LogP contribution in [-0.4, -0.2) is 77.3 Å². The Balaban J connectivity index is 1.08. The highest BCUT2D eigenvalue weighted by Gasteiger charge is 2.38. The minimum Gasteiger partial charge on any atom is -0.497 e. The maximum Gasteiger partial charge on any atom is 0.414 e. The maximum atomic E-state index is 12.7.